The maximum Gasteiger partial charge on any atom is 0.0411 e. The van der Waals surface area contributed by atoms with Gasteiger partial charge in [0.1, 0.15) is 0 Å². The van der Waals surface area contributed by atoms with E-state index in [-0.39, 0.29) is 0 Å². The molecule has 1 aliphatic rings. The van der Waals surface area contributed by atoms with E-state index in [0.717, 1.165) is 12.6 Å². The topological polar surface area (TPSA) is 15.3 Å². The van der Waals surface area contributed by atoms with E-state index >= 15 is 0 Å². The van der Waals surface area contributed by atoms with Gasteiger partial charge in [-0.3, -0.25) is 0 Å². The summed E-state index contributed by atoms with van der Waals surface area (Å²) in [4.78, 5) is 2.44. The third kappa shape index (κ3) is 3.97. The van der Waals surface area contributed by atoms with Crippen LogP contribution in [0.25, 0.3) is 0 Å². The Bertz CT molecular complexity index is 410. The minimum absolute atomic E-state index is 0.604. The first kappa shape index (κ1) is 14.4. The minimum Gasteiger partial charge on any atom is -0.372 e. The van der Waals surface area contributed by atoms with Crippen molar-refractivity contribution in [3.05, 3.63) is 29.3 Å². The first-order chi connectivity index (χ1) is 9.11. The Morgan fingerprint density at radius 3 is 2.74 bits per heavy atom. The van der Waals surface area contributed by atoms with E-state index in [9.17, 15) is 0 Å². The Kier molecular flexibility index (Phi) is 4.87. The van der Waals surface area contributed by atoms with Crippen molar-refractivity contribution in [2.75, 3.05) is 11.9 Å². The largest absolute Gasteiger partial charge is 0.372 e. The van der Waals surface area contributed by atoms with Gasteiger partial charge in [-0.2, -0.15) is 0 Å². The number of hydrogen-bond donors (Lipinski definition) is 1. The van der Waals surface area contributed by atoms with Crippen LogP contribution in [-0.4, -0.2) is 19.1 Å². The van der Waals surface area contributed by atoms with Crippen LogP contribution in [0.5, 0.6) is 0 Å². The average Bonchev–Trinajstić information content (AvgIpc) is 3.20. The van der Waals surface area contributed by atoms with Crippen molar-refractivity contribution >= 4 is 5.69 Å². The van der Waals surface area contributed by atoms with Gasteiger partial charge in [0.05, 0.1) is 0 Å². The smallest absolute Gasteiger partial charge is 0.0411 e. The molecule has 106 valence electrons. The highest BCUT2D eigenvalue weighted by molar-refractivity contribution is 5.55. The zero-order valence-electron chi connectivity index (χ0n) is 12.9. The summed E-state index contributed by atoms with van der Waals surface area (Å²) in [5, 5.41) is 3.64. The molecule has 0 aromatic heterocycles. The van der Waals surface area contributed by atoms with Crippen LogP contribution in [0.3, 0.4) is 0 Å². The zero-order chi connectivity index (χ0) is 13.8. The fourth-order valence-corrected chi connectivity index (χ4v) is 2.59. The number of rotatable bonds is 7. The van der Waals surface area contributed by atoms with Crippen molar-refractivity contribution in [2.45, 2.75) is 65.1 Å². The van der Waals surface area contributed by atoms with E-state index in [2.05, 4.69) is 56.2 Å². The first-order valence-corrected chi connectivity index (χ1v) is 7.67. The zero-order valence-corrected chi connectivity index (χ0v) is 12.9. The summed E-state index contributed by atoms with van der Waals surface area (Å²) < 4.78 is 0. The van der Waals surface area contributed by atoms with Crippen molar-refractivity contribution in [1.82, 2.24) is 5.32 Å². The van der Waals surface area contributed by atoms with Crippen LogP contribution in [0, 0.1) is 6.92 Å². The number of benzene rings is 1. The predicted octanol–water partition coefficient (Wildman–Crippen LogP) is 3.87. The minimum atomic E-state index is 0.604. The molecule has 1 aliphatic carbocycles. The highest BCUT2D eigenvalue weighted by Crippen LogP contribution is 2.26. The molecule has 2 nitrogen and oxygen atoms in total. The molecule has 1 aromatic rings. The Balaban J connectivity index is 2.11. The molecule has 1 aromatic carbocycles. The van der Waals surface area contributed by atoms with Crippen LogP contribution in [0.2, 0.25) is 0 Å². The molecule has 1 fully saturated rings. The second-order valence-electron chi connectivity index (χ2n) is 6.04. The lowest BCUT2D eigenvalue weighted by atomic mass is 10.1. The second kappa shape index (κ2) is 6.42. The lowest BCUT2D eigenvalue weighted by molar-refractivity contribution is 0.610. The molecule has 1 N–H and O–H groups in total. The van der Waals surface area contributed by atoms with E-state index in [4.69, 9.17) is 0 Å². The molecule has 0 radical (unpaired) electrons. The van der Waals surface area contributed by atoms with Crippen LogP contribution in [0.15, 0.2) is 18.2 Å². The fourth-order valence-electron chi connectivity index (χ4n) is 2.59. The molecule has 0 amide bonds. The summed E-state index contributed by atoms with van der Waals surface area (Å²) in [6.07, 6.45) is 5.19. The van der Waals surface area contributed by atoms with Gasteiger partial charge in [0.15, 0.2) is 0 Å². The molecule has 0 bridgehead atoms. The number of hydrogen-bond acceptors (Lipinski definition) is 2. The van der Waals surface area contributed by atoms with Gasteiger partial charge in [0.2, 0.25) is 0 Å². The van der Waals surface area contributed by atoms with Gasteiger partial charge in [-0.15, -0.1) is 0 Å². The number of nitrogens with one attached hydrogen (secondary N) is 1. The fraction of sp³-hybridized carbons (Fsp3) is 0.647. The number of anilines is 1. The van der Waals surface area contributed by atoms with Crippen LogP contribution in [0.1, 0.15) is 50.7 Å². The number of aryl methyl sites for hydroxylation is 1. The van der Waals surface area contributed by atoms with Gasteiger partial charge in [-0.05, 0) is 44.7 Å². The van der Waals surface area contributed by atoms with Crippen molar-refractivity contribution in [3.63, 3.8) is 0 Å². The first-order valence-electron chi connectivity index (χ1n) is 7.67. The summed E-state index contributed by atoms with van der Waals surface area (Å²) in [5.74, 6) is 0. The van der Waals surface area contributed by atoms with Crippen molar-refractivity contribution in [3.8, 4) is 0 Å². The van der Waals surface area contributed by atoms with E-state index in [1.165, 1.54) is 42.5 Å². The summed E-state index contributed by atoms with van der Waals surface area (Å²) in [5.41, 5.74) is 4.19. The summed E-state index contributed by atoms with van der Waals surface area (Å²) >= 11 is 0. The quantitative estimate of drug-likeness (QED) is 0.800. The van der Waals surface area contributed by atoms with Gasteiger partial charge >= 0.3 is 0 Å². The van der Waals surface area contributed by atoms with E-state index < -0.39 is 0 Å². The molecule has 0 spiro atoms. The number of nitrogens with zero attached hydrogens (tertiary/aromatic N) is 1. The van der Waals surface area contributed by atoms with E-state index in [0.29, 0.717) is 6.04 Å². The SMILES string of the molecule is CCCC(C)N(C)c1ccc(C)cc1CNC1CC1. The van der Waals surface area contributed by atoms with Crippen molar-refractivity contribution in [1.29, 1.82) is 0 Å². The molecule has 0 heterocycles. The van der Waals surface area contributed by atoms with Crippen molar-refractivity contribution < 1.29 is 0 Å². The molecule has 1 saturated carbocycles. The molecule has 0 saturated heterocycles. The maximum absolute atomic E-state index is 3.64. The maximum atomic E-state index is 3.64. The Hall–Kier alpha value is -1.02. The van der Waals surface area contributed by atoms with E-state index in [1.54, 1.807) is 0 Å². The molecule has 2 heteroatoms. The lowest BCUT2D eigenvalue weighted by Gasteiger charge is -2.29. The van der Waals surface area contributed by atoms with Gasteiger partial charge in [0, 0.05) is 31.4 Å². The molecule has 1 unspecified atom stereocenters. The van der Waals surface area contributed by atoms with Gasteiger partial charge < -0.3 is 10.2 Å². The molecular weight excluding hydrogens is 232 g/mol. The lowest BCUT2D eigenvalue weighted by Crippen LogP contribution is -2.30. The Morgan fingerprint density at radius 1 is 1.37 bits per heavy atom. The van der Waals surface area contributed by atoms with E-state index in [1.807, 2.05) is 0 Å². The monoisotopic (exact) mass is 260 g/mol. The van der Waals surface area contributed by atoms with Crippen LogP contribution in [-0.2, 0) is 6.54 Å². The van der Waals surface area contributed by atoms with Crippen LogP contribution < -0.4 is 10.2 Å². The standard InChI is InChI=1S/C17H28N2/c1-5-6-14(3)19(4)17-10-7-13(2)11-15(17)12-18-16-8-9-16/h7,10-11,14,16,18H,5-6,8-9,12H2,1-4H3. The normalized spacial score (nSPS) is 16.4. The molecule has 1 atom stereocenters. The van der Waals surface area contributed by atoms with Crippen LogP contribution in [0.4, 0.5) is 5.69 Å². The summed E-state index contributed by atoms with van der Waals surface area (Å²) in [6.45, 7) is 7.77. The molecule has 19 heavy (non-hydrogen) atoms. The second-order valence-corrected chi connectivity index (χ2v) is 6.04. The van der Waals surface area contributed by atoms with Crippen LogP contribution >= 0.6 is 0 Å². The molecule has 2 rings (SSSR count). The summed E-state index contributed by atoms with van der Waals surface area (Å²) in [6, 6.07) is 8.22. The predicted molar refractivity (Wildman–Crippen MR) is 83.8 cm³/mol. The van der Waals surface area contributed by atoms with Crippen molar-refractivity contribution in [2.24, 2.45) is 0 Å². The molecular formula is C17H28N2. The third-order valence-electron chi connectivity index (χ3n) is 4.14. The highest BCUT2D eigenvalue weighted by Gasteiger charge is 2.21. The molecule has 0 aliphatic heterocycles. The van der Waals surface area contributed by atoms with Gasteiger partial charge in [0.25, 0.3) is 0 Å². The Morgan fingerprint density at radius 2 is 2.11 bits per heavy atom. The average molecular weight is 260 g/mol. The highest BCUT2D eigenvalue weighted by atomic mass is 15.1. The van der Waals surface area contributed by atoms with Gasteiger partial charge in [-0.1, -0.05) is 31.0 Å². The van der Waals surface area contributed by atoms with Gasteiger partial charge in [-0.25, -0.2) is 0 Å². The Labute approximate surface area is 118 Å². The summed E-state index contributed by atoms with van der Waals surface area (Å²) in [7, 11) is 2.23. The third-order valence-corrected chi connectivity index (χ3v) is 4.14.